The van der Waals surface area contributed by atoms with E-state index < -0.39 is 6.10 Å². The Labute approximate surface area is 117 Å². The lowest BCUT2D eigenvalue weighted by atomic mass is 9.89. The van der Waals surface area contributed by atoms with Gasteiger partial charge in [0, 0.05) is 5.41 Å². The minimum absolute atomic E-state index is 0.137. The molecule has 1 heterocycles. The highest BCUT2D eigenvalue weighted by Gasteiger charge is 2.27. The van der Waals surface area contributed by atoms with E-state index >= 15 is 0 Å². The maximum atomic E-state index is 10.5. The van der Waals surface area contributed by atoms with Gasteiger partial charge in [0.15, 0.2) is 0 Å². The van der Waals surface area contributed by atoms with E-state index in [9.17, 15) is 5.11 Å². The minimum atomic E-state index is -0.718. The van der Waals surface area contributed by atoms with Gasteiger partial charge in [0.25, 0.3) is 0 Å². The summed E-state index contributed by atoms with van der Waals surface area (Å²) in [5.41, 5.74) is 1.49. The molecule has 0 saturated heterocycles. The van der Waals surface area contributed by atoms with Crippen molar-refractivity contribution in [3.63, 3.8) is 0 Å². The second-order valence-electron chi connectivity index (χ2n) is 5.41. The standard InChI is InChI=1S/C14H18N2O2S/c1-14(2,3)13-12(19-16-15-13)11(17)9-6-5-7-10(8-9)18-4/h5-8,11,17H,1-4H3. The van der Waals surface area contributed by atoms with E-state index in [2.05, 4.69) is 30.4 Å². The number of rotatable bonds is 3. The van der Waals surface area contributed by atoms with Crippen LogP contribution < -0.4 is 4.74 Å². The summed E-state index contributed by atoms with van der Waals surface area (Å²) in [7, 11) is 1.61. The molecule has 0 aliphatic rings. The Bertz CT molecular complexity index is 561. The Kier molecular flexibility index (Phi) is 3.87. The molecule has 0 spiro atoms. The van der Waals surface area contributed by atoms with Crippen LogP contribution in [0.15, 0.2) is 24.3 Å². The monoisotopic (exact) mass is 278 g/mol. The molecule has 0 aliphatic heterocycles. The summed E-state index contributed by atoms with van der Waals surface area (Å²) < 4.78 is 9.16. The van der Waals surface area contributed by atoms with Crippen LogP contribution in [0, 0.1) is 0 Å². The van der Waals surface area contributed by atoms with E-state index in [1.54, 1.807) is 7.11 Å². The number of benzene rings is 1. The zero-order valence-electron chi connectivity index (χ0n) is 11.5. The normalized spacial score (nSPS) is 13.3. The van der Waals surface area contributed by atoms with Crippen molar-refractivity contribution in [2.45, 2.75) is 32.3 Å². The third-order valence-electron chi connectivity index (χ3n) is 2.88. The van der Waals surface area contributed by atoms with Gasteiger partial charge < -0.3 is 9.84 Å². The van der Waals surface area contributed by atoms with Crippen LogP contribution in [0.25, 0.3) is 0 Å². The van der Waals surface area contributed by atoms with Gasteiger partial charge in [0.05, 0.1) is 17.7 Å². The van der Waals surface area contributed by atoms with Gasteiger partial charge in [0.1, 0.15) is 11.9 Å². The molecule has 1 unspecified atom stereocenters. The number of nitrogens with zero attached hydrogens (tertiary/aromatic N) is 2. The largest absolute Gasteiger partial charge is 0.497 e. The molecule has 0 radical (unpaired) electrons. The molecule has 0 saturated carbocycles. The van der Waals surface area contributed by atoms with E-state index in [4.69, 9.17) is 4.74 Å². The summed E-state index contributed by atoms with van der Waals surface area (Å²) in [6.07, 6.45) is -0.718. The maximum absolute atomic E-state index is 10.5. The number of ether oxygens (including phenoxy) is 1. The molecule has 1 aromatic heterocycles. The second-order valence-corrected chi connectivity index (χ2v) is 6.20. The van der Waals surface area contributed by atoms with Crippen LogP contribution >= 0.6 is 11.5 Å². The first-order valence-corrected chi connectivity index (χ1v) is 6.85. The number of hydrogen-bond donors (Lipinski definition) is 1. The molecule has 1 N–H and O–H groups in total. The molecule has 19 heavy (non-hydrogen) atoms. The Balaban J connectivity index is 2.39. The first-order chi connectivity index (χ1) is 8.93. The maximum Gasteiger partial charge on any atom is 0.119 e. The molecule has 5 heteroatoms. The average molecular weight is 278 g/mol. The zero-order chi connectivity index (χ0) is 14.0. The first kappa shape index (κ1) is 14.0. The molecule has 2 aromatic rings. The lowest BCUT2D eigenvalue weighted by Crippen LogP contribution is -2.16. The fourth-order valence-corrected chi connectivity index (χ4v) is 2.74. The van der Waals surface area contributed by atoms with Crippen LogP contribution in [-0.2, 0) is 5.41 Å². The highest BCUT2D eigenvalue weighted by molar-refractivity contribution is 7.05. The summed E-state index contributed by atoms with van der Waals surface area (Å²) >= 11 is 1.24. The molecule has 1 aromatic carbocycles. The van der Waals surface area contributed by atoms with Crippen molar-refractivity contribution in [3.8, 4) is 5.75 Å². The first-order valence-electron chi connectivity index (χ1n) is 6.08. The van der Waals surface area contributed by atoms with Gasteiger partial charge in [-0.1, -0.05) is 37.4 Å². The van der Waals surface area contributed by atoms with E-state index in [0.29, 0.717) is 0 Å². The smallest absolute Gasteiger partial charge is 0.119 e. The molecule has 0 fully saturated rings. The van der Waals surface area contributed by atoms with Crippen molar-refractivity contribution in [1.29, 1.82) is 0 Å². The Morgan fingerprint density at radius 2 is 2.05 bits per heavy atom. The molecule has 2 rings (SSSR count). The highest BCUT2D eigenvalue weighted by Crippen LogP contribution is 2.34. The summed E-state index contributed by atoms with van der Waals surface area (Å²) in [6, 6.07) is 7.42. The van der Waals surface area contributed by atoms with Crippen LogP contribution in [-0.4, -0.2) is 21.8 Å². The zero-order valence-corrected chi connectivity index (χ0v) is 12.4. The summed E-state index contributed by atoms with van der Waals surface area (Å²) in [6.45, 7) is 6.18. The minimum Gasteiger partial charge on any atom is -0.497 e. The van der Waals surface area contributed by atoms with Crippen LogP contribution in [0.4, 0.5) is 0 Å². The van der Waals surface area contributed by atoms with Crippen LogP contribution in [0.2, 0.25) is 0 Å². The lowest BCUT2D eigenvalue weighted by molar-refractivity contribution is 0.220. The van der Waals surface area contributed by atoms with Crippen molar-refractivity contribution in [2.24, 2.45) is 0 Å². The van der Waals surface area contributed by atoms with Crippen LogP contribution in [0.3, 0.4) is 0 Å². The van der Waals surface area contributed by atoms with Gasteiger partial charge >= 0.3 is 0 Å². The molecule has 4 nitrogen and oxygen atoms in total. The summed E-state index contributed by atoms with van der Waals surface area (Å²) in [5.74, 6) is 0.728. The SMILES string of the molecule is COc1cccc(C(O)c2snnc2C(C)(C)C)c1. The molecule has 0 aliphatic carbocycles. The van der Waals surface area contributed by atoms with Gasteiger partial charge in [-0.2, -0.15) is 0 Å². The van der Waals surface area contributed by atoms with Gasteiger partial charge in [-0.25, -0.2) is 0 Å². The number of aliphatic hydroxyl groups excluding tert-OH is 1. The fraction of sp³-hybridized carbons (Fsp3) is 0.429. The number of hydrogen-bond acceptors (Lipinski definition) is 5. The Morgan fingerprint density at radius 3 is 2.68 bits per heavy atom. The van der Waals surface area contributed by atoms with Crippen molar-refractivity contribution >= 4 is 11.5 Å². The number of aromatic nitrogens is 2. The topological polar surface area (TPSA) is 55.2 Å². The Morgan fingerprint density at radius 1 is 1.32 bits per heavy atom. The predicted molar refractivity (Wildman–Crippen MR) is 75.7 cm³/mol. The van der Waals surface area contributed by atoms with Gasteiger partial charge in [0.2, 0.25) is 0 Å². The third-order valence-corrected chi connectivity index (χ3v) is 3.66. The predicted octanol–water partition coefficient (Wildman–Crippen LogP) is 2.93. The van der Waals surface area contributed by atoms with Crippen LogP contribution in [0.5, 0.6) is 5.75 Å². The van der Waals surface area contributed by atoms with E-state index in [-0.39, 0.29) is 5.41 Å². The number of aliphatic hydroxyl groups is 1. The molecule has 1 atom stereocenters. The fourth-order valence-electron chi connectivity index (χ4n) is 1.86. The Hall–Kier alpha value is -1.46. The van der Waals surface area contributed by atoms with Gasteiger partial charge in [-0.3, -0.25) is 0 Å². The molecule has 102 valence electrons. The third kappa shape index (κ3) is 2.93. The van der Waals surface area contributed by atoms with Crippen LogP contribution in [0.1, 0.15) is 43.0 Å². The van der Waals surface area contributed by atoms with Gasteiger partial charge in [-0.15, -0.1) is 5.10 Å². The molecule has 0 amide bonds. The lowest BCUT2D eigenvalue weighted by Gasteiger charge is -2.19. The van der Waals surface area contributed by atoms with E-state index in [0.717, 1.165) is 21.9 Å². The summed E-state index contributed by atoms with van der Waals surface area (Å²) in [5, 5.41) is 14.7. The average Bonchev–Trinajstić information content (AvgIpc) is 2.87. The number of methoxy groups -OCH3 is 1. The van der Waals surface area contributed by atoms with E-state index in [1.165, 1.54) is 11.5 Å². The van der Waals surface area contributed by atoms with Crippen molar-refractivity contribution in [2.75, 3.05) is 7.11 Å². The van der Waals surface area contributed by atoms with Crippen molar-refractivity contribution < 1.29 is 9.84 Å². The highest BCUT2D eigenvalue weighted by atomic mass is 32.1. The molecule has 0 bridgehead atoms. The molecular weight excluding hydrogens is 260 g/mol. The quantitative estimate of drug-likeness (QED) is 0.938. The van der Waals surface area contributed by atoms with Crippen molar-refractivity contribution in [3.05, 3.63) is 40.4 Å². The summed E-state index contributed by atoms with van der Waals surface area (Å²) in [4.78, 5) is 0.792. The van der Waals surface area contributed by atoms with Crippen molar-refractivity contribution in [1.82, 2.24) is 9.59 Å². The second kappa shape index (κ2) is 5.27. The molecular formula is C14H18N2O2S. The van der Waals surface area contributed by atoms with Gasteiger partial charge in [-0.05, 0) is 29.2 Å². The van der Waals surface area contributed by atoms with E-state index in [1.807, 2.05) is 24.3 Å².